The smallest absolute Gasteiger partial charge is 0.252 e. The van der Waals surface area contributed by atoms with E-state index in [-0.39, 0.29) is 34.7 Å². The topological polar surface area (TPSA) is 99.7 Å². The quantitative estimate of drug-likeness (QED) is 0.381. The Hall–Kier alpha value is -3.94. The zero-order chi connectivity index (χ0) is 29.9. The van der Waals surface area contributed by atoms with Crippen molar-refractivity contribution in [3.8, 4) is 12.3 Å². The van der Waals surface area contributed by atoms with Gasteiger partial charge in [-0.25, -0.2) is 22.1 Å². The highest BCUT2D eigenvalue weighted by molar-refractivity contribution is 7.93. The van der Waals surface area contributed by atoms with Gasteiger partial charge in [0.2, 0.25) is 15.9 Å². The van der Waals surface area contributed by atoms with Crippen LogP contribution in [-0.2, 0) is 19.6 Å². The van der Waals surface area contributed by atoms with Crippen molar-refractivity contribution in [1.29, 1.82) is 0 Å². The Morgan fingerprint density at radius 3 is 2.55 bits per heavy atom. The fourth-order valence-electron chi connectivity index (χ4n) is 5.64. The van der Waals surface area contributed by atoms with Crippen LogP contribution in [0.1, 0.15) is 55.7 Å². The van der Waals surface area contributed by atoms with Crippen LogP contribution in [0.3, 0.4) is 0 Å². The average molecular weight is 609 g/mol. The molecule has 1 saturated heterocycles. The van der Waals surface area contributed by atoms with Crippen molar-refractivity contribution in [2.45, 2.75) is 56.7 Å². The molecular formula is C31H30ClFN4O4S. The predicted molar refractivity (Wildman–Crippen MR) is 160 cm³/mol. The van der Waals surface area contributed by atoms with Gasteiger partial charge in [0, 0.05) is 34.1 Å². The number of nitrogens with zero attached hydrogens (tertiary/aromatic N) is 3. The molecule has 11 heteroatoms. The van der Waals surface area contributed by atoms with Gasteiger partial charge in [-0.1, -0.05) is 61.0 Å². The van der Waals surface area contributed by atoms with E-state index in [2.05, 4.69) is 16.2 Å². The number of nitrogens with one attached hydrogen (secondary N) is 1. The molecule has 3 aromatic rings. The Morgan fingerprint density at radius 1 is 1.07 bits per heavy atom. The molecule has 218 valence electrons. The van der Waals surface area contributed by atoms with E-state index >= 15 is 0 Å². The van der Waals surface area contributed by atoms with Crippen molar-refractivity contribution in [3.63, 3.8) is 0 Å². The van der Waals surface area contributed by atoms with Crippen LogP contribution < -0.4 is 14.5 Å². The molecule has 2 amide bonds. The van der Waals surface area contributed by atoms with Gasteiger partial charge in [0.15, 0.2) is 0 Å². The zero-order valence-electron chi connectivity index (χ0n) is 22.7. The lowest BCUT2D eigenvalue weighted by atomic mass is 9.94. The van der Waals surface area contributed by atoms with Crippen molar-refractivity contribution in [2.75, 3.05) is 15.0 Å². The fourth-order valence-corrected chi connectivity index (χ4v) is 7.56. The number of anilines is 2. The summed E-state index contributed by atoms with van der Waals surface area (Å²) in [5, 5.41) is 3.31. The molecule has 5 rings (SSSR count). The summed E-state index contributed by atoms with van der Waals surface area (Å²) in [6, 6.07) is 12.2. The number of halogens is 2. The van der Waals surface area contributed by atoms with E-state index in [1.807, 2.05) is 0 Å². The number of pyridine rings is 1. The second kappa shape index (κ2) is 12.5. The molecule has 1 unspecified atom stereocenters. The Labute approximate surface area is 249 Å². The molecule has 1 aliphatic heterocycles. The minimum Gasteiger partial charge on any atom is -0.351 e. The Morgan fingerprint density at radius 2 is 1.83 bits per heavy atom. The van der Waals surface area contributed by atoms with Crippen LogP contribution in [0.2, 0.25) is 5.02 Å². The molecule has 42 heavy (non-hydrogen) atoms. The minimum absolute atomic E-state index is 0.0126. The highest BCUT2D eigenvalue weighted by Gasteiger charge is 2.47. The largest absolute Gasteiger partial charge is 0.351 e. The maximum absolute atomic E-state index is 14.6. The van der Waals surface area contributed by atoms with E-state index in [0.29, 0.717) is 11.1 Å². The molecule has 1 aromatic heterocycles. The monoisotopic (exact) mass is 608 g/mol. The van der Waals surface area contributed by atoms with Crippen LogP contribution in [-0.4, -0.2) is 43.1 Å². The highest BCUT2D eigenvalue weighted by atomic mass is 35.5. The third-order valence-electron chi connectivity index (χ3n) is 7.64. The standard InChI is InChI=1S/C31H30ClFN4O4S/c1-2-21-15-17-34-28(19-21)37-27(16-18-42(37,40)41)31(39)36(24-12-8-9-22(33)20-24)29(25-13-6-7-14-26(25)32)30(38)35-23-10-4-3-5-11-23/h1,6-9,12-15,17,19-20,23,27,29H,3-5,10-11,16,18H2,(H,35,38)/t27-,29?/m0/s1. The summed E-state index contributed by atoms with van der Waals surface area (Å²) in [6.07, 6.45) is 11.4. The van der Waals surface area contributed by atoms with E-state index in [4.69, 9.17) is 18.0 Å². The van der Waals surface area contributed by atoms with Gasteiger partial charge in [0.05, 0.1) is 5.75 Å². The van der Waals surface area contributed by atoms with Crippen molar-refractivity contribution < 1.29 is 22.4 Å². The summed E-state index contributed by atoms with van der Waals surface area (Å²) in [4.78, 5) is 34.1. The third kappa shape index (κ3) is 6.13. The first-order valence-electron chi connectivity index (χ1n) is 13.8. The molecule has 2 heterocycles. The molecule has 2 atom stereocenters. The Balaban J connectivity index is 1.64. The number of carbonyl (C=O) groups excluding carboxylic acids is 2. The minimum atomic E-state index is -3.97. The van der Waals surface area contributed by atoms with Crippen molar-refractivity contribution >= 4 is 44.9 Å². The first-order valence-corrected chi connectivity index (χ1v) is 15.8. The molecule has 2 aromatic carbocycles. The van der Waals surface area contributed by atoms with Gasteiger partial charge in [0.1, 0.15) is 23.7 Å². The number of amides is 2. The van der Waals surface area contributed by atoms with E-state index in [1.54, 1.807) is 30.3 Å². The summed E-state index contributed by atoms with van der Waals surface area (Å²) in [7, 11) is -3.97. The molecule has 0 bridgehead atoms. The van der Waals surface area contributed by atoms with Gasteiger partial charge in [-0.2, -0.15) is 0 Å². The molecule has 8 nitrogen and oxygen atoms in total. The normalized spacial score (nSPS) is 19.1. The van der Waals surface area contributed by atoms with Crippen molar-refractivity contribution in [3.05, 3.63) is 88.8 Å². The number of hydrogen-bond acceptors (Lipinski definition) is 5. The molecule has 2 fully saturated rings. The first kappa shape index (κ1) is 29.5. The van der Waals surface area contributed by atoms with Gasteiger partial charge < -0.3 is 5.32 Å². The Bertz CT molecular complexity index is 1640. The maximum atomic E-state index is 14.6. The summed E-state index contributed by atoms with van der Waals surface area (Å²) in [5.74, 6) is 0.266. The number of benzene rings is 2. The van der Waals surface area contributed by atoms with Gasteiger partial charge in [-0.15, -0.1) is 6.42 Å². The predicted octanol–water partition coefficient (Wildman–Crippen LogP) is 4.99. The van der Waals surface area contributed by atoms with E-state index in [9.17, 15) is 22.4 Å². The van der Waals surface area contributed by atoms with Crippen LogP contribution in [0.5, 0.6) is 0 Å². The molecule has 0 spiro atoms. The summed E-state index contributed by atoms with van der Waals surface area (Å²) < 4.78 is 42.2. The average Bonchev–Trinajstić information content (AvgIpc) is 3.31. The number of terminal acetylenes is 1. The third-order valence-corrected chi connectivity index (χ3v) is 9.77. The molecule has 1 N–H and O–H groups in total. The molecule has 2 aliphatic rings. The lowest BCUT2D eigenvalue weighted by Gasteiger charge is -2.36. The maximum Gasteiger partial charge on any atom is 0.252 e. The van der Waals surface area contributed by atoms with Gasteiger partial charge >= 0.3 is 0 Å². The van der Waals surface area contributed by atoms with E-state index in [1.165, 1.54) is 30.5 Å². The van der Waals surface area contributed by atoms with Crippen LogP contribution in [0.25, 0.3) is 0 Å². The zero-order valence-corrected chi connectivity index (χ0v) is 24.3. The number of aromatic nitrogens is 1. The molecule has 1 aliphatic carbocycles. The van der Waals surface area contributed by atoms with Crippen LogP contribution in [0.15, 0.2) is 66.9 Å². The van der Waals surface area contributed by atoms with Gasteiger partial charge in [-0.05, 0) is 55.7 Å². The summed E-state index contributed by atoms with van der Waals surface area (Å²) in [5.41, 5.74) is 0.791. The van der Waals surface area contributed by atoms with Crippen LogP contribution in [0.4, 0.5) is 15.9 Å². The van der Waals surface area contributed by atoms with Crippen LogP contribution >= 0.6 is 11.6 Å². The van der Waals surface area contributed by atoms with Crippen molar-refractivity contribution in [1.82, 2.24) is 10.3 Å². The van der Waals surface area contributed by atoms with E-state index < -0.39 is 39.7 Å². The number of sulfonamides is 1. The lowest BCUT2D eigenvalue weighted by molar-refractivity contribution is -0.127. The SMILES string of the molecule is C#Cc1ccnc(N2[C@H](C(=O)N(c3cccc(F)c3)C(C(=O)NC3CCCCC3)c3ccccc3Cl)CCS2(=O)=O)c1. The molecule has 1 saturated carbocycles. The van der Waals surface area contributed by atoms with Gasteiger partial charge in [-0.3, -0.25) is 14.5 Å². The van der Waals surface area contributed by atoms with Crippen LogP contribution in [0, 0.1) is 18.2 Å². The van der Waals surface area contributed by atoms with Crippen molar-refractivity contribution in [2.24, 2.45) is 0 Å². The molecular weight excluding hydrogens is 579 g/mol. The summed E-state index contributed by atoms with van der Waals surface area (Å²) >= 11 is 6.61. The number of hydrogen-bond donors (Lipinski definition) is 1. The lowest BCUT2D eigenvalue weighted by Crippen LogP contribution is -2.53. The number of rotatable bonds is 7. The summed E-state index contributed by atoms with van der Waals surface area (Å²) in [6.45, 7) is 0. The second-order valence-electron chi connectivity index (χ2n) is 10.4. The number of carbonyl (C=O) groups is 2. The highest BCUT2D eigenvalue weighted by Crippen LogP contribution is 2.37. The molecule has 0 radical (unpaired) electrons. The van der Waals surface area contributed by atoms with Gasteiger partial charge in [0.25, 0.3) is 5.91 Å². The van der Waals surface area contributed by atoms with E-state index in [0.717, 1.165) is 47.4 Å². The second-order valence-corrected chi connectivity index (χ2v) is 12.8. The first-order chi connectivity index (χ1) is 20.2. The fraction of sp³-hybridized carbons (Fsp3) is 0.323. The Kier molecular flexibility index (Phi) is 8.80.